The summed E-state index contributed by atoms with van der Waals surface area (Å²) in [4.78, 5) is 38.2. The maximum Gasteiger partial charge on any atom is 0.409 e. The van der Waals surface area contributed by atoms with Crippen LogP contribution in [0.25, 0.3) is 0 Å². The Morgan fingerprint density at radius 3 is 2.38 bits per heavy atom. The molecule has 1 aliphatic heterocycles. The minimum absolute atomic E-state index is 0.0960. The van der Waals surface area contributed by atoms with Gasteiger partial charge in [-0.2, -0.15) is 0 Å². The van der Waals surface area contributed by atoms with Crippen LogP contribution in [0.5, 0.6) is 5.75 Å². The highest BCUT2D eigenvalue weighted by Crippen LogP contribution is 2.31. The van der Waals surface area contributed by atoms with Gasteiger partial charge < -0.3 is 19.6 Å². The first-order chi connectivity index (χ1) is 13.8. The summed E-state index contributed by atoms with van der Waals surface area (Å²) < 4.78 is 9.76. The van der Waals surface area contributed by atoms with Crippen LogP contribution in [0.2, 0.25) is 0 Å². The number of ether oxygens (including phenoxy) is 2. The van der Waals surface area contributed by atoms with E-state index in [1.165, 1.54) is 17.0 Å². The molecular weight excluding hydrogens is 396 g/mol. The molecule has 29 heavy (non-hydrogen) atoms. The lowest BCUT2D eigenvalue weighted by molar-refractivity contribution is -0.708. The van der Waals surface area contributed by atoms with E-state index in [0.717, 1.165) is 12.1 Å². The van der Waals surface area contributed by atoms with Crippen molar-refractivity contribution in [3.05, 3.63) is 43.6 Å². The van der Waals surface area contributed by atoms with E-state index in [1.54, 1.807) is 0 Å². The molecule has 2 rings (SSSR count). The molecule has 1 amide bonds. The average Bonchev–Trinajstić information content (AvgIpc) is 2.71. The largest absolute Gasteiger partial charge is 0.569 e. The topological polar surface area (TPSA) is 176 Å². The van der Waals surface area contributed by atoms with Crippen molar-refractivity contribution in [2.45, 2.75) is 0 Å². The molecule has 0 saturated carbocycles. The van der Waals surface area contributed by atoms with Crippen molar-refractivity contribution in [3.63, 3.8) is 0 Å². The van der Waals surface area contributed by atoms with Crippen LogP contribution in [0.3, 0.4) is 0 Å². The Balaban J connectivity index is 1.95. The lowest BCUT2D eigenvalue weighted by Gasteiger charge is -2.30. The maximum atomic E-state index is 12.0. The third kappa shape index (κ3) is 5.86. The number of hydrazine groups is 1. The molecule has 1 saturated heterocycles. The molecule has 1 aliphatic rings. The quantitative estimate of drug-likeness (QED) is 0.196. The molecule has 0 aromatic heterocycles. The smallest absolute Gasteiger partial charge is 0.409 e. The fraction of sp³-hybridized carbons (Fsp3) is 0.500. The predicted octanol–water partition coefficient (Wildman–Crippen LogP) is 1.07. The van der Waals surface area contributed by atoms with Crippen molar-refractivity contribution < 1.29 is 33.9 Å². The van der Waals surface area contributed by atoms with Gasteiger partial charge in [0.25, 0.3) is 5.69 Å². The number of hydrogen-bond acceptors (Lipinski definition) is 10. The van der Waals surface area contributed by atoms with Gasteiger partial charge >= 0.3 is 11.8 Å². The number of hydrogen-bond donors (Lipinski definition) is 0. The summed E-state index contributed by atoms with van der Waals surface area (Å²) in [5, 5.41) is 38.2. The van der Waals surface area contributed by atoms with Crippen LogP contribution in [0.15, 0.2) is 23.5 Å². The van der Waals surface area contributed by atoms with Crippen LogP contribution >= 0.6 is 0 Å². The molecule has 15 heteroatoms. The number of carbonyl (C=O) groups is 1. The fourth-order valence-electron chi connectivity index (χ4n) is 2.32. The van der Waals surface area contributed by atoms with Crippen molar-refractivity contribution in [3.8, 4) is 5.75 Å². The Kier molecular flexibility index (Phi) is 7.41. The van der Waals surface area contributed by atoms with Gasteiger partial charge in [-0.1, -0.05) is 0 Å². The number of nitro benzene ring substituents is 2. The number of amides is 1. The number of non-ortho nitro benzene ring substituents is 1. The minimum atomic E-state index is -0.888. The molecule has 1 fully saturated rings. The number of carbonyl (C=O) groups excluding carboxylic acids is 1. The van der Waals surface area contributed by atoms with Crippen LogP contribution in [0.1, 0.15) is 0 Å². The summed E-state index contributed by atoms with van der Waals surface area (Å²) in [5.41, 5.74) is -1.21. The summed E-state index contributed by atoms with van der Waals surface area (Å²) in [6.07, 6.45) is -0.533. The zero-order valence-corrected chi connectivity index (χ0v) is 15.3. The third-order valence-electron chi connectivity index (χ3n) is 3.83. The highest BCUT2D eigenvalue weighted by atomic mass is 16.7. The molecule has 0 spiro atoms. The van der Waals surface area contributed by atoms with Crippen molar-refractivity contribution in [1.29, 1.82) is 0 Å². The highest BCUT2D eigenvalue weighted by molar-refractivity contribution is 5.67. The van der Waals surface area contributed by atoms with Crippen LogP contribution in [0, 0.1) is 25.4 Å². The van der Waals surface area contributed by atoms with E-state index in [1.807, 2.05) is 0 Å². The standard InChI is InChI=1S/C14H18N6O9/c1-27-8-9-28-14(21)16-4-6-17(7-5-16)20(26)15-29-13-3-2-11(18(22)23)10-12(13)19(24)25/h2-3,10H,4-9H2,1H3/b20-15-. The molecular formula is C14H18N6O9. The second-order valence-corrected chi connectivity index (χ2v) is 5.64. The predicted molar refractivity (Wildman–Crippen MR) is 92.8 cm³/mol. The third-order valence-corrected chi connectivity index (χ3v) is 3.83. The Bertz CT molecular complexity index is 794. The molecule has 0 N–H and O–H groups in total. The Labute approximate surface area is 163 Å². The van der Waals surface area contributed by atoms with Gasteiger partial charge in [0.1, 0.15) is 6.61 Å². The van der Waals surface area contributed by atoms with Crippen molar-refractivity contribution in [2.24, 2.45) is 5.28 Å². The van der Waals surface area contributed by atoms with Gasteiger partial charge in [0.05, 0.1) is 40.6 Å². The summed E-state index contributed by atoms with van der Waals surface area (Å²) in [7, 11) is 1.48. The average molecular weight is 414 g/mol. The van der Waals surface area contributed by atoms with Gasteiger partial charge in [-0.15, -0.1) is 5.01 Å². The van der Waals surface area contributed by atoms with E-state index >= 15 is 0 Å². The van der Waals surface area contributed by atoms with Crippen molar-refractivity contribution >= 4 is 17.5 Å². The van der Waals surface area contributed by atoms with E-state index in [4.69, 9.17) is 14.3 Å². The number of rotatable bonds is 8. The minimum Gasteiger partial charge on any atom is -0.569 e. The second-order valence-electron chi connectivity index (χ2n) is 5.64. The van der Waals surface area contributed by atoms with E-state index in [-0.39, 0.29) is 44.4 Å². The molecule has 158 valence electrons. The van der Waals surface area contributed by atoms with E-state index in [2.05, 4.69) is 5.28 Å². The van der Waals surface area contributed by atoms with Gasteiger partial charge in [0.15, 0.2) is 0 Å². The van der Waals surface area contributed by atoms with Gasteiger partial charge in [-0.3, -0.25) is 25.1 Å². The molecule has 0 unspecified atom stereocenters. The van der Waals surface area contributed by atoms with Gasteiger partial charge in [0.2, 0.25) is 11.0 Å². The first-order valence-corrected chi connectivity index (χ1v) is 8.27. The normalized spacial score (nSPS) is 14.4. The number of benzene rings is 1. The van der Waals surface area contributed by atoms with E-state index in [9.17, 15) is 30.2 Å². The molecule has 0 atom stereocenters. The first kappa shape index (κ1) is 21.5. The number of methoxy groups -OCH3 is 1. The summed E-state index contributed by atoms with van der Waals surface area (Å²) in [5.74, 6) is -0.429. The summed E-state index contributed by atoms with van der Waals surface area (Å²) in [6, 6.07) is 2.66. The second kappa shape index (κ2) is 9.98. The van der Waals surface area contributed by atoms with Crippen molar-refractivity contribution in [2.75, 3.05) is 46.5 Å². The number of piperazine rings is 1. The molecule has 1 heterocycles. The van der Waals surface area contributed by atoms with Gasteiger partial charge in [-0.25, -0.2) is 4.79 Å². The lowest BCUT2D eigenvalue weighted by Crippen LogP contribution is -2.51. The number of nitro groups is 2. The molecule has 0 aliphatic carbocycles. The molecule has 1 aromatic carbocycles. The van der Waals surface area contributed by atoms with Crippen LogP contribution < -0.4 is 4.84 Å². The van der Waals surface area contributed by atoms with Gasteiger partial charge in [0, 0.05) is 26.3 Å². The Morgan fingerprint density at radius 2 is 1.79 bits per heavy atom. The van der Waals surface area contributed by atoms with Crippen LogP contribution in [-0.2, 0) is 9.47 Å². The monoisotopic (exact) mass is 414 g/mol. The Hall–Kier alpha value is -3.75. The highest BCUT2D eigenvalue weighted by Gasteiger charge is 2.27. The summed E-state index contributed by atoms with van der Waals surface area (Å²) in [6.45, 7) is 1.01. The SMILES string of the molecule is COCCOC(=O)N1CCN(/[N+]([O-])=N/Oc2ccc([N+](=O)[O-])cc2[N+](=O)[O-])CC1. The maximum absolute atomic E-state index is 12.0. The first-order valence-electron chi connectivity index (χ1n) is 8.27. The zero-order chi connectivity index (χ0) is 21.4. The van der Waals surface area contributed by atoms with Crippen molar-refractivity contribution in [1.82, 2.24) is 9.91 Å². The number of nitrogens with zero attached hydrogens (tertiary/aromatic N) is 6. The molecule has 15 nitrogen and oxygen atoms in total. The van der Waals surface area contributed by atoms with Crippen LogP contribution in [0.4, 0.5) is 16.2 Å². The lowest BCUT2D eigenvalue weighted by atomic mass is 10.2. The van der Waals surface area contributed by atoms with E-state index in [0.29, 0.717) is 6.07 Å². The Morgan fingerprint density at radius 1 is 1.10 bits per heavy atom. The summed E-state index contributed by atoms with van der Waals surface area (Å²) >= 11 is 0. The van der Waals surface area contributed by atoms with E-state index < -0.39 is 33.1 Å². The molecule has 0 radical (unpaired) electrons. The fourth-order valence-corrected chi connectivity index (χ4v) is 2.32. The molecule has 0 bridgehead atoms. The zero-order valence-electron chi connectivity index (χ0n) is 15.3. The van der Waals surface area contributed by atoms with Gasteiger partial charge in [-0.05, 0) is 6.07 Å². The van der Waals surface area contributed by atoms with Crippen LogP contribution in [-0.4, -0.2) is 77.3 Å². The molecule has 1 aromatic rings.